The Morgan fingerprint density at radius 1 is 1.26 bits per heavy atom. The molecule has 1 aliphatic carbocycles. The van der Waals surface area contributed by atoms with E-state index in [1.54, 1.807) is 0 Å². The van der Waals surface area contributed by atoms with Crippen molar-refractivity contribution in [3.8, 4) is 0 Å². The molecule has 112 valence electrons. The summed E-state index contributed by atoms with van der Waals surface area (Å²) in [5.41, 5.74) is 6.61. The second-order valence-corrected chi connectivity index (χ2v) is 7.39. The average molecular weight is 266 g/mol. The van der Waals surface area contributed by atoms with E-state index in [1.165, 1.54) is 58.0 Å². The van der Waals surface area contributed by atoms with E-state index in [-0.39, 0.29) is 0 Å². The van der Waals surface area contributed by atoms with Gasteiger partial charge in [0, 0.05) is 18.6 Å². The molecule has 19 heavy (non-hydrogen) atoms. The monoisotopic (exact) mass is 266 g/mol. The number of hydrogen-bond acceptors (Lipinski definition) is 2. The second-order valence-electron chi connectivity index (χ2n) is 7.39. The Hall–Kier alpha value is -0.0800. The zero-order valence-electron chi connectivity index (χ0n) is 13.3. The molecule has 1 saturated heterocycles. The summed E-state index contributed by atoms with van der Waals surface area (Å²) in [6.45, 7) is 10.6. The van der Waals surface area contributed by atoms with Crippen LogP contribution in [0.25, 0.3) is 0 Å². The van der Waals surface area contributed by atoms with Crippen LogP contribution in [0.15, 0.2) is 0 Å². The minimum absolute atomic E-state index is 0.334. The third kappa shape index (κ3) is 3.33. The summed E-state index contributed by atoms with van der Waals surface area (Å²) in [7, 11) is 0. The van der Waals surface area contributed by atoms with Crippen molar-refractivity contribution in [1.29, 1.82) is 0 Å². The van der Waals surface area contributed by atoms with Crippen molar-refractivity contribution in [2.75, 3.05) is 19.6 Å². The van der Waals surface area contributed by atoms with Crippen LogP contribution in [0.2, 0.25) is 0 Å². The molecular formula is C17H34N2. The molecule has 1 saturated carbocycles. The van der Waals surface area contributed by atoms with E-state index in [0.29, 0.717) is 5.54 Å². The molecule has 0 radical (unpaired) electrons. The molecule has 0 spiro atoms. The third-order valence-corrected chi connectivity index (χ3v) is 5.95. The van der Waals surface area contributed by atoms with Crippen LogP contribution in [0.5, 0.6) is 0 Å². The lowest BCUT2D eigenvalue weighted by molar-refractivity contribution is -0.00349. The van der Waals surface area contributed by atoms with Gasteiger partial charge in [0.25, 0.3) is 0 Å². The molecule has 0 aromatic rings. The van der Waals surface area contributed by atoms with Crippen molar-refractivity contribution in [2.24, 2.45) is 23.5 Å². The average Bonchev–Trinajstić information content (AvgIpc) is 2.47. The molecule has 3 atom stereocenters. The number of hydrogen-bond donors (Lipinski definition) is 1. The predicted molar refractivity (Wildman–Crippen MR) is 83.2 cm³/mol. The highest BCUT2D eigenvalue weighted by Crippen LogP contribution is 2.41. The first-order valence-electron chi connectivity index (χ1n) is 8.56. The van der Waals surface area contributed by atoms with Crippen molar-refractivity contribution < 1.29 is 0 Å². The summed E-state index contributed by atoms with van der Waals surface area (Å²) in [5, 5.41) is 0. The van der Waals surface area contributed by atoms with Gasteiger partial charge in [-0.15, -0.1) is 0 Å². The zero-order valence-corrected chi connectivity index (χ0v) is 13.3. The van der Waals surface area contributed by atoms with E-state index >= 15 is 0 Å². The van der Waals surface area contributed by atoms with Gasteiger partial charge >= 0.3 is 0 Å². The number of nitrogens with two attached hydrogens (primary N) is 1. The van der Waals surface area contributed by atoms with Crippen LogP contribution in [0.1, 0.15) is 65.7 Å². The van der Waals surface area contributed by atoms with Crippen molar-refractivity contribution >= 4 is 0 Å². The van der Waals surface area contributed by atoms with Gasteiger partial charge in [-0.05, 0) is 50.0 Å². The molecule has 0 aromatic heterocycles. The molecule has 2 fully saturated rings. The molecule has 1 heterocycles. The highest BCUT2D eigenvalue weighted by atomic mass is 15.2. The highest BCUT2D eigenvalue weighted by molar-refractivity contribution is 4.98. The van der Waals surface area contributed by atoms with Gasteiger partial charge in [0.2, 0.25) is 0 Å². The molecule has 0 aromatic carbocycles. The van der Waals surface area contributed by atoms with Crippen molar-refractivity contribution in [2.45, 2.75) is 71.3 Å². The summed E-state index contributed by atoms with van der Waals surface area (Å²) in [6, 6.07) is 0. The lowest BCUT2D eigenvalue weighted by Crippen LogP contribution is -2.59. The van der Waals surface area contributed by atoms with E-state index in [4.69, 9.17) is 5.73 Å². The lowest BCUT2D eigenvalue weighted by atomic mass is 9.70. The predicted octanol–water partition coefficient (Wildman–Crippen LogP) is 3.65. The fraction of sp³-hybridized carbons (Fsp3) is 1.00. The smallest absolute Gasteiger partial charge is 0.0334 e. The molecule has 2 nitrogen and oxygen atoms in total. The van der Waals surface area contributed by atoms with Crippen LogP contribution in [0, 0.1) is 17.8 Å². The first-order chi connectivity index (χ1) is 9.11. The van der Waals surface area contributed by atoms with Gasteiger partial charge in [-0.3, -0.25) is 4.90 Å². The van der Waals surface area contributed by atoms with Crippen molar-refractivity contribution in [3.63, 3.8) is 0 Å². The van der Waals surface area contributed by atoms with Crippen LogP contribution < -0.4 is 5.73 Å². The van der Waals surface area contributed by atoms with E-state index in [0.717, 1.165) is 24.3 Å². The maximum Gasteiger partial charge on any atom is 0.0334 e. The molecule has 2 aliphatic rings. The van der Waals surface area contributed by atoms with Gasteiger partial charge in [0.05, 0.1) is 0 Å². The quantitative estimate of drug-likeness (QED) is 0.841. The molecular weight excluding hydrogens is 232 g/mol. The summed E-state index contributed by atoms with van der Waals surface area (Å²) >= 11 is 0. The molecule has 0 bridgehead atoms. The summed E-state index contributed by atoms with van der Waals surface area (Å²) < 4.78 is 0. The van der Waals surface area contributed by atoms with Crippen LogP contribution in [0.3, 0.4) is 0 Å². The molecule has 2 N–H and O–H groups in total. The number of piperidine rings is 1. The van der Waals surface area contributed by atoms with Gasteiger partial charge in [-0.1, -0.05) is 40.0 Å². The van der Waals surface area contributed by atoms with Crippen LogP contribution in [0.4, 0.5) is 0 Å². The largest absolute Gasteiger partial charge is 0.329 e. The standard InChI is InChI=1S/C17H34N2/c1-4-15-7-6-10-19(12-15)17(13-18)9-5-8-16(11-17)14(2)3/h14-16H,4-13,18H2,1-3H3. The molecule has 1 aliphatic heterocycles. The Bertz CT molecular complexity index is 276. The van der Waals surface area contributed by atoms with E-state index in [9.17, 15) is 0 Å². The maximum absolute atomic E-state index is 6.28. The normalized spacial score (nSPS) is 37.7. The van der Waals surface area contributed by atoms with Gasteiger partial charge in [-0.2, -0.15) is 0 Å². The molecule has 2 heteroatoms. The van der Waals surface area contributed by atoms with Gasteiger partial charge in [0.1, 0.15) is 0 Å². The van der Waals surface area contributed by atoms with Gasteiger partial charge < -0.3 is 5.73 Å². The summed E-state index contributed by atoms with van der Waals surface area (Å²) in [5.74, 6) is 2.62. The fourth-order valence-corrected chi connectivity index (χ4v) is 4.39. The van der Waals surface area contributed by atoms with E-state index < -0.39 is 0 Å². The minimum atomic E-state index is 0.334. The number of likely N-dealkylation sites (tertiary alicyclic amines) is 1. The van der Waals surface area contributed by atoms with Gasteiger partial charge in [-0.25, -0.2) is 0 Å². The van der Waals surface area contributed by atoms with Crippen LogP contribution in [-0.4, -0.2) is 30.1 Å². The first-order valence-corrected chi connectivity index (χ1v) is 8.56. The molecule has 0 amide bonds. The fourth-order valence-electron chi connectivity index (χ4n) is 4.39. The van der Waals surface area contributed by atoms with Crippen molar-refractivity contribution in [3.05, 3.63) is 0 Å². The SMILES string of the molecule is CCC1CCCN(C2(CN)CCCC(C(C)C)C2)C1. The van der Waals surface area contributed by atoms with Crippen LogP contribution in [-0.2, 0) is 0 Å². The summed E-state index contributed by atoms with van der Waals surface area (Å²) in [4.78, 5) is 2.79. The van der Waals surface area contributed by atoms with Crippen molar-refractivity contribution in [1.82, 2.24) is 4.90 Å². The Labute approximate surface area is 120 Å². The molecule has 2 rings (SSSR count). The van der Waals surface area contributed by atoms with E-state index in [1.807, 2.05) is 0 Å². The Morgan fingerprint density at radius 3 is 2.68 bits per heavy atom. The third-order valence-electron chi connectivity index (χ3n) is 5.95. The first kappa shape index (κ1) is 15.3. The number of rotatable bonds is 4. The Kier molecular flexibility index (Phi) is 5.30. The molecule has 3 unspecified atom stereocenters. The topological polar surface area (TPSA) is 29.3 Å². The summed E-state index contributed by atoms with van der Waals surface area (Å²) in [6.07, 6.45) is 9.64. The minimum Gasteiger partial charge on any atom is -0.329 e. The van der Waals surface area contributed by atoms with Gasteiger partial charge in [0.15, 0.2) is 0 Å². The van der Waals surface area contributed by atoms with E-state index in [2.05, 4.69) is 25.7 Å². The second kappa shape index (κ2) is 6.58. The van der Waals surface area contributed by atoms with Crippen LogP contribution >= 0.6 is 0 Å². The lowest BCUT2D eigenvalue weighted by Gasteiger charge is -2.51. The Morgan fingerprint density at radius 2 is 2.05 bits per heavy atom. The number of nitrogens with zero attached hydrogens (tertiary/aromatic N) is 1. The maximum atomic E-state index is 6.28. The Balaban J connectivity index is 2.08. The zero-order chi connectivity index (χ0) is 13.9. The highest BCUT2D eigenvalue weighted by Gasteiger charge is 2.42.